The Morgan fingerprint density at radius 2 is 1.83 bits per heavy atom. The average molecular weight is 381 g/mol. The quantitative estimate of drug-likeness (QED) is 0.676. The molecule has 1 aromatic heterocycles. The molecule has 1 amide bonds. The number of anilines is 1. The minimum Gasteiger partial charge on any atom is -1.00 e. The number of hydrogen-bond acceptors (Lipinski definition) is 3. The van der Waals surface area contributed by atoms with Gasteiger partial charge in [-0.25, -0.2) is 4.57 Å². The second-order valence-electron chi connectivity index (χ2n) is 4.98. The molecule has 6 heteroatoms. The molecule has 0 atom stereocenters. The van der Waals surface area contributed by atoms with Crippen molar-refractivity contribution < 1.29 is 35.8 Å². The third kappa shape index (κ3) is 5.56. The van der Waals surface area contributed by atoms with Gasteiger partial charge < -0.3 is 31.8 Å². The Morgan fingerprint density at radius 1 is 1.13 bits per heavy atom. The molecule has 0 aliphatic rings. The molecule has 0 bridgehead atoms. The van der Waals surface area contributed by atoms with E-state index in [2.05, 4.69) is 5.32 Å². The first-order chi connectivity index (χ1) is 10.6. The van der Waals surface area contributed by atoms with Crippen molar-refractivity contribution in [1.29, 1.82) is 0 Å². The Hall–Kier alpha value is -2.08. The molecule has 23 heavy (non-hydrogen) atoms. The lowest BCUT2D eigenvalue weighted by Gasteiger charge is -2.11. The van der Waals surface area contributed by atoms with Gasteiger partial charge in [-0.05, 0) is 24.6 Å². The summed E-state index contributed by atoms with van der Waals surface area (Å²) in [4.78, 5) is 12.1. The van der Waals surface area contributed by atoms with Crippen LogP contribution in [0.2, 0.25) is 0 Å². The van der Waals surface area contributed by atoms with Crippen molar-refractivity contribution >= 4 is 11.6 Å². The number of nitrogens with zero attached hydrogens (tertiary/aromatic N) is 1. The number of rotatable bonds is 6. The van der Waals surface area contributed by atoms with E-state index < -0.39 is 0 Å². The number of methoxy groups -OCH3 is 2. The van der Waals surface area contributed by atoms with E-state index in [1.54, 1.807) is 32.4 Å². The van der Waals surface area contributed by atoms with Gasteiger partial charge in [-0.1, -0.05) is 0 Å². The molecule has 5 nitrogen and oxygen atoms in total. The maximum absolute atomic E-state index is 12.1. The normalized spacial score (nSPS) is 9.70. The van der Waals surface area contributed by atoms with Crippen molar-refractivity contribution in [2.24, 2.45) is 0 Å². The number of halogens is 1. The average Bonchev–Trinajstić information content (AvgIpc) is 2.54. The van der Waals surface area contributed by atoms with E-state index in [1.165, 1.54) is 5.56 Å². The standard InChI is InChI=1S/C17H20N2O3.BrH/c1-13-6-9-19(10-7-13)11-8-17(20)18-15-5-4-14(21-2)12-16(15)22-3;/h4-7,9-10,12H,8,11H2,1-3H3;1H. The van der Waals surface area contributed by atoms with Crippen LogP contribution in [0.15, 0.2) is 42.7 Å². The summed E-state index contributed by atoms with van der Waals surface area (Å²) in [5, 5.41) is 2.86. The van der Waals surface area contributed by atoms with Gasteiger partial charge in [0.25, 0.3) is 0 Å². The van der Waals surface area contributed by atoms with Crippen LogP contribution in [0.1, 0.15) is 12.0 Å². The maximum atomic E-state index is 12.1. The number of carbonyl (C=O) groups excluding carboxylic acids is 1. The number of aryl methyl sites for hydroxylation is 2. The second-order valence-corrected chi connectivity index (χ2v) is 4.98. The van der Waals surface area contributed by atoms with Gasteiger partial charge in [-0.2, -0.15) is 0 Å². The number of pyridine rings is 1. The van der Waals surface area contributed by atoms with Gasteiger partial charge >= 0.3 is 0 Å². The van der Waals surface area contributed by atoms with Crippen molar-refractivity contribution in [3.05, 3.63) is 48.3 Å². The van der Waals surface area contributed by atoms with Gasteiger partial charge in [0.05, 0.1) is 26.3 Å². The summed E-state index contributed by atoms with van der Waals surface area (Å²) in [7, 11) is 3.15. The van der Waals surface area contributed by atoms with Crippen LogP contribution in [0.3, 0.4) is 0 Å². The number of carbonyl (C=O) groups is 1. The van der Waals surface area contributed by atoms with E-state index in [1.807, 2.05) is 36.0 Å². The zero-order valence-corrected chi connectivity index (χ0v) is 15.1. The number of amides is 1. The predicted molar refractivity (Wildman–Crippen MR) is 84.2 cm³/mol. The molecule has 2 rings (SSSR count). The topological polar surface area (TPSA) is 51.4 Å². The highest BCUT2D eigenvalue weighted by Gasteiger charge is 2.11. The van der Waals surface area contributed by atoms with Crippen LogP contribution in [0.25, 0.3) is 0 Å². The molecule has 124 valence electrons. The summed E-state index contributed by atoms with van der Waals surface area (Å²) in [6, 6.07) is 9.33. The molecule has 1 N–H and O–H groups in total. The Morgan fingerprint density at radius 3 is 2.43 bits per heavy atom. The summed E-state index contributed by atoms with van der Waals surface area (Å²) in [6.45, 7) is 2.66. The van der Waals surface area contributed by atoms with Crippen LogP contribution in [0.4, 0.5) is 5.69 Å². The molecule has 0 spiro atoms. The molecule has 2 aromatic rings. The Labute approximate surface area is 147 Å². The van der Waals surface area contributed by atoms with E-state index in [0.29, 0.717) is 30.2 Å². The van der Waals surface area contributed by atoms with Crippen LogP contribution >= 0.6 is 0 Å². The molecule has 1 heterocycles. The van der Waals surface area contributed by atoms with Gasteiger partial charge in [0, 0.05) is 18.2 Å². The number of benzene rings is 1. The van der Waals surface area contributed by atoms with Crippen LogP contribution in [0.5, 0.6) is 11.5 Å². The highest BCUT2D eigenvalue weighted by Crippen LogP contribution is 2.28. The maximum Gasteiger partial charge on any atom is 0.230 e. The molecular weight excluding hydrogens is 360 g/mol. The Bertz CT molecular complexity index is 645. The number of hydrogen-bond donors (Lipinski definition) is 1. The highest BCUT2D eigenvalue weighted by molar-refractivity contribution is 5.92. The predicted octanol–water partition coefficient (Wildman–Crippen LogP) is -0.667. The van der Waals surface area contributed by atoms with E-state index in [0.717, 1.165) is 0 Å². The third-order valence-corrected chi connectivity index (χ3v) is 3.34. The van der Waals surface area contributed by atoms with Crippen LogP contribution in [-0.2, 0) is 11.3 Å². The number of aromatic nitrogens is 1. The summed E-state index contributed by atoms with van der Waals surface area (Å²) in [6.07, 6.45) is 4.33. The van der Waals surface area contributed by atoms with Crippen molar-refractivity contribution in [3.8, 4) is 11.5 Å². The molecule has 1 aromatic carbocycles. The van der Waals surface area contributed by atoms with E-state index in [4.69, 9.17) is 9.47 Å². The molecule has 0 unspecified atom stereocenters. The molecular formula is C17H21BrN2O3. The van der Waals surface area contributed by atoms with E-state index >= 15 is 0 Å². The first kappa shape index (κ1) is 19.0. The minimum absolute atomic E-state index is 0. The van der Waals surface area contributed by atoms with Crippen molar-refractivity contribution in [1.82, 2.24) is 0 Å². The second kappa shape index (κ2) is 9.15. The van der Waals surface area contributed by atoms with E-state index in [-0.39, 0.29) is 22.9 Å². The highest BCUT2D eigenvalue weighted by atomic mass is 79.9. The molecule has 0 fully saturated rings. The summed E-state index contributed by atoms with van der Waals surface area (Å²) in [5.41, 5.74) is 1.84. The molecule has 0 radical (unpaired) electrons. The zero-order valence-electron chi connectivity index (χ0n) is 13.5. The lowest BCUT2D eigenvalue weighted by molar-refractivity contribution is -0.695. The fourth-order valence-electron chi connectivity index (χ4n) is 2.03. The first-order valence-electron chi connectivity index (χ1n) is 7.10. The molecule has 0 aliphatic carbocycles. The number of ether oxygens (including phenoxy) is 2. The first-order valence-corrected chi connectivity index (χ1v) is 7.10. The van der Waals surface area contributed by atoms with Gasteiger partial charge in [-0.3, -0.25) is 4.79 Å². The monoisotopic (exact) mass is 380 g/mol. The Kier molecular flexibility index (Phi) is 7.54. The van der Waals surface area contributed by atoms with E-state index in [9.17, 15) is 4.79 Å². The summed E-state index contributed by atoms with van der Waals surface area (Å²) in [5.74, 6) is 1.21. The fraction of sp³-hybridized carbons (Fsp3) is 0.294. The number of nitrogens with one attached hydrogen (secondary N) is 1. The lowest BCUT2D eigenvalue weighted by Crippen LogP contribution is -3.00. The smallest absolute Gasteiger partial charge is 0.230 e. The SMILES string of the molecule is COc1ccc(NC(=O)CC[n+]2ccc(C)cc2)c(OC)c1.[Br-]. The van der Waals surface area contributed by atoms with Crippen LogP contribution in [0, 0.1) is 6.92 Å². The van der Waals surface area contributed by atoms with Gasteiger partial charge in [0.1, 0.15) is 11.5 Å². The van der Waals surface area contributed by atoms with Gasteiger partial charge in [-0.15, -0.1) is 0 Å². The van der Waals surface area contributed by atoms with Gasteiger partial charge in [0.15, 0.2) is 18.9 Å². The molecule has 0 saturated carbocycles. The lowest BCUT2D eigenvalue weighted by atomic mass is 10.2. The van der Waals surface area contributed by atoms with Crippen LogP contribution in [-0.4, -0.2) is 20.1 Å². The zero-order chi connectivity index (χ0) is 15.9. The summed E-state index contributed by atoms with van der Waals surface area (Å²) >= 11 is 0. The fourth-order valence-corrected chi connectivity index (χ4v) is 2.03. The molecule has 0 saturated heterocycles. The van der Waals surface area contributed by atoms with Crippen molar-refractivity contribution in [2.45, 2.75) is 19.9 Å². The molecule has 0 aliphatic heterocycles. The van der Waals surface area contributed by atoms with Crippen LogP contribution < -0.4 is 36.3 Å². The third-order valence-electron chi connectivity index (χ3n) is 3.34. The van der Waals surface area contributed by atoms with Crippen molar-refractivity contribution in [3.63, 3.8) is 0 Å². The minimum atomic E-state index is -0.0588. The largest absolute Gasteiger partial charge is 1.00 e. The van der Waals surface area contributed by atoms with Gasteiger partial charge in [0.2, 0.25) is 5.91 Å². The Balaban J connectivity index is 0.00000264. The summed E-state index contributed by atoms with van der Waals surface area (Å²) < 4.78 is 12.4. The van der Waals surface area contributed by atoms with Crippen molar-refractivity contribution in [2.75, 3.05) is 19.5 Å².